The first-order valence-electron chi connectivity index (χ1n) is 25.8. The lowest BCUT2D eigenvalue weighted by atomic mass is 9.33. The topological polar surface area (TPSA) is 37.7 Å². The van der Waals surface area contributed by atoms with E-state index in [0.717, 1.165) is 83.5 Å². The van der Waals surface area contributed by atoms with E-state index in [1.165, 1.54) is 49.8 Å². The molecule has 0 aliphatic carbocycles. The summed E-state index contributed by atoms with van der Waals surface area (Å²) in [6.45, 7) is 27.6. The van der Waals surface area contributed by atoms with Crippen molar-refractivity contribution in [3.05, 3.63) is 180 Å². The van der Waals surface area contributed by atoms with Crippen LogP contribution in [0.2, 0.25) is 0 Å². The van der Waals surface area contributed by atoms with Gasteiger partial charge in [-0.05, 0) is 139 Å². The van der Waals surface area contributed by atoms with E-state index in [1.807, 2.05) is 0 Å². The van der Waals surface area contributed by atoms with Gasteiger partial charge in [-0.25, -0.2) is 0 Å². The van der Waals surface area contributed by atoms with Gasteiger partial charge in [-0.3, -0.25) is 0 Å². The zero-order valence-electron chi connectivity index (χ0n) is 43.7. The van der Waals surface area contributed by atoms with Gasteiger partial charge in [0.05, 0.1) is 22.3 Å². The standard InChI is InChI=1S/C66H62BN3O2/c1-63(2,3)39-24-29-43(30-25-39)68(44-31-26-40(27-32-44)64(4,5)6)45-37-53-59-54(38-45)70-60-48(62-61(70)47-19-14-16-22-56(47)72-62)34-42(66(10,11)12)35-50(60)67(59)49-33-28-41(65(7,8)9)36-52(49)69(53)51-20-17-23-57-58(51)46-18-13-15-21-55(46)71-57/h13-38H,1-12H3. The second-order valence-electron chi connectivity index (χ2n) is 24.7. The molecule has 0 atom stereocenters. The molecule has 0 amide bonds. The summed E-state index contributed by atoms with van der Waals surface area (Å²) in [4.78, 5) is 5.06. The van der Waals surface area contributed by atoms with Crippen molar-refractivity contribution in [2.45, 2.75) is 105 Å². The first-order valence-corrected chi connectivity index (χ1v) is 25.8. The smallest absolute Gasteiger partial charge is 0.252 e. The third kappa shape index (κ3) is 6.60. The van der Waals surface area contributed by atoms with Crippen LogP contribution < -0.4 is 26.2 Å². The molecule has 5 heterocycles. The summed E-state index contributed by atoms with van der Waals surface area (Å²) in [6, 6.07) is 59.4. The molecule has 2 aliphatic heterocycles. The summed E-state index contributed by atoms with van der Waals surface area (Å²) in [5.74, 6) is 0. The van der Waals surface area contributed by atoms with Gasteiger partial charge >= 0.3 is 0 Å². The first-order chi connectivity index (χ1) is 34.2. The molecule has 0 radical (unpaired) electrons. The third-order valence-corrected chi connectivity index (χ3v) is 15.8. The molecule has 0 unspecified atom stereocenters. The number of furan rings is 2. The molecule has 0 saturated heterocycles. The van der Waals surface area contributed by atoms with E-state index in [2.05, 4.69) is 255 Å². The number of rotatable bonds is 4. The highest BCUT2D eigenvalue weighted by Gasteiger charge is 2.45. The molecule has 0 N–H and O–H groups in total. The Bertz CT molecular complexity index is 3970. The maximum absolute atomic E-state index is 7.06. The molecule has 0 bridgehead atoms. The summed E-state index contributed by atoms with van der Waals surface area (Å²) in [5.41, 5.74) is 22.5. The van der Waals surface area contributed by atoms with E-state index < -0.39 is 0 Å². The van der Waals surface area contributed by atoms with Gasteiger partial charge < -0.3 is 23.2 Å². The minimum Gasteiger partial charge on any atom is -0.456 e. The molecule has 6 heteroatoms. The lowest BCUT2D eigenvalue weighted by Crippen LogP contribution is -2.60. The highest BCUT2D eigenvalue weighted by Crippen LogP contribution is 2.50. The fourth-order valence-electron chi connectivity index (χ4n) is 11.9. The van der Waals surface area contributed by atoms with Gasteiger partial charge in [-0.15, -0.1) is 0 Å². The van der Waals surface area contributed by atoms with Crippen LogP contribution in [0.5, 0.6) is 0 Å². The van der Waals surface area contributed by atoms with Crippen molar-refractivity contribution in [1.82, 2.24) is 4.57 Å². The monoisotopic (exact) mass is 939 g/mol. The van der Waals surface area contributed by atoms with Gasteiger partial charge in [-0.1, -0.05) is 162 Å². The van der Waals surface area contributed by atoms with Crippen LogP contribution in [0, 0.1) is 0 Å². The number of benzene rings is 8. The molecule has 356 valence electrons. The molecular weight excluding hydrogens is 878 g/mol. The Balaban J connectivity index is 1.22. The molecule has 0 spiro atoms. The quantitative estimate of drug-likeness (QED) is 0.165. The van der Waals surface area contributed by atoms with E-state index in [-0.39, 0.29) is 28.4 Å². The Morgan fingerprint density at radius 1 is 0.389 bits per heavy atom. The van der Waals surface area contributed by atoms with Crippen LogP contribution in [0.4, 0.5) is 34.1 Å². The van der Waals surface area contributed by atoms with E-state index in [1.54, 1.807) is 0 Å². The molecule has 3 aromatic heterocycles. The average Bonchev–Trinajstić information content (AvgIpc) is 4.01. The van der Waals surface area contributed by atoms with Crippen LogP contribution in [0.25, 0.3) is 60.6 Å². The van der Waals surface area contributed by atoms with Crippen LogP contribution in [-0.2, 0) is 21.7 Å². The second-order valence-corrected chi connectivity index (χ2v) is 24.7. The molecule has 8 aromatic carbocycles. The van der Waals surface area contributed by atoms with Crippen LogP contribution in [0.3, 0.4) is 0 Å². The second kappa shape index (κ2) is 15.1. The zero-order chi connectivity index (χ0) is 50.0. The fraction of sp³-hybridized carbons (Fsp3) is 0.242. The Kier molecular flexibility index (Phi) is 9.30. The van der Waals surface area contributed by atoms with E-state index in [4.69, 9.17) is 8.83 Å². The summed E-state index contributed by atoms with van der Waals surface area (Å²) >= 11 is 0. The minimum atomic E-state index is -0.124. The summed E-state index contributed by atoms with van der Waals surface area (Å²) in [7, 11) is 0. The zero-order valence-corrected chi connectivity index (χ0v) is 43.7. The van der Waals surface area contributed by atoms with Crippen molar-refractivity contribution in [3.8, 4) is 5.69 Å². The number of nitrogens with zero attached hydrogens (tertiary/aromatic N) is 3. The van der Waals surface area contributed by atoms with Gasteiger partial charge in [0.25, 0.3) is 6.71 Å². The molecule has 5 nitrogen and oxygen atoms in total. The molecule has 11 aromatic rings. The summed E-state index contributed by atoms with van der Waals surface area (Å²) < 4.78 is 16.3. The normalized spacial score (nSPS) is 13.8. The number of anilines is 6. The Labute approximate surface area is 423 Å². The predicted molar refractivity (Wildman–Crippen MR) is 307 cm³/mol. The van der Waals surface area contributed by atoms with E-state index >= 15 is 0 Å². The van der Waals surface area contributed by atoms with Crippen molar-refractivity contribution in [2.75, 3.05) is 9.80 Å². The third-order valence-electron chi connectivity index (χ3n) is 15.8. The number of aromatic nitrogens is 1. The van der Waals surface area contributed by atoms with Gasteiger partial charge in [0.2, 0.25) is 0 Å². The number of fused-ring (bicyclic) bond motifs is 12. The molecule has 72 heavy (non-hydrogen) atoms. The minimum absolute atomic E-state index is 0.000418. The van der Waals surface area contributed by atoms with Crippen molar-refractivity contribution in [1.29, 1.82) is 0 Å². The largest absolute Gasteiger partial charge is 0.456 e. The molecule has 13 rings (SSSR count). The van der Waals surface area contributed by atoms with E-state index in [0.29, 0.717) is 0 Å². The van der Waals surface area contributed by atoms with Gasteiger partial charge in [-0.2, -0.15) is 0 Å². The maximum atomic E-state index is 7.06. The molecule has 0 saturated carbocycles. The van der Waals surface area contributed by atoms with Crippen LogP contribution in [0.1, 0.15) is 105 Å². The molecule has 0 fully saturated rings. The summed E-state index contributed by atoms with van der Waals surface area (Å²) in [5, 5.41) is 4.46. The SMILES string of the molecule is CC(C)(C)c1ccc(N(c2ccc(C(C)(C)C)cc2)c2cc3c4c(c2)-n2c5c(cc(C(C)(C)C)cc5c5oc6ccccc6c52)B4c2ccc(C(C)(C)C)cc2N3c2cccc3oc4ccccc4c23)cc1. The highest BCUT2D eigenvalue weighted by molar-refractivity contribution is 7.00. The van der Waals surface area contributed by atoms with Crippen molar-refractivity contribution in [3.63, 3.8) is 0 Å². The first kappa shape index (κ1) is 44.5. The van der Waals surface area contributed by atoms with Gasteiger partial charge in [0, 0.05) is 44.6 Å². The lowest BCUT2D eigenvalue weighted by Gasteiger charge is -2.42. The number of hydrogen-bond acceptors (Lipinski definition) is 4. The lowest BCUT2D eigenvalue weighted by molar-refractivity contribution is 0.590. The highest BCUT2D eigenvalue weighted by atomic mass is 16.3. The van der Waals surface area contributed by atoms with Crippen LogP contribution >= 0.6 is 0 Å². The van der Waals surface area contributed by atoms with Gasteiger partial charge in [0.15, 0.2) is 5.58 Å². The average molecular weight is 940 g/mol. The molecule has 2 aliphatic rings. The Hall–Kier alpha value is -7.44. The van der Waals surface area contributed by atoms with Crippen LogP contribution in [0.15, 0.2) is 167 Å². The predicted octanol–water partition coefficient (Wildman–Crippen LogP) is 16.7. The Morgan fingerprint density at radius 2 is 0.944 bits per heavy atom. The van der Waals surface area contributed by atoms with Crippen molar-refractivity contribution in [2.24, 2.45) is 0 Å². The summed E-state index contributed by atoms with van der Waals surface area (Å²) in [6.07, 6.45) is 0. The molecular formula is C66H62BN3O2. The fourth-order valence-corrected chi connectivity index (χ4v) is 11.9. The van der Waals surface area contributed by atoms with Crippen molar-refractivity contribution < 1.29 is 8.83 Å². The Morgan fingerprint density at radius 3 is 1.57 bits per heavy atom. The number of para-hydroxylation sites is 2. The van der Waals surface area contributed by atoms with Crippen LogP contribution in [-0.4, -0.2) is 11.3 Å². The maximum Gasteiger partial charge on any atom is 0.252 e. The number of hydrogen-bond donors (Lipinski definition) is 0. The van der Waals surface area contributed by atoms with Gasteiger partial charge in [0.1, 0.15) is 22.3 Å². The van der Waals surface area contributed by atoms with E-state index in [9.17, 15) is 0 Å². The van der Waals surface area contributed by atoms with Crippen molar-refractivity contribution >= 4 is 112 Å².